The molecule has 0 aliphatic heterocycles. The molecule has 0 spiro atoms. The summed E-state index contributed by atoms with van der Waals surface area (Å²) in [5, 5.41) is 11.3. The molecule has 0 aromatic heterocycles. The topological polar surface area (TPSA) is 95.7 Å². The standard InChI is InChI=1S/C15H17F2NO6/c1-3-23-14(19)12(15(20)24-4-2)8-13(18(21)22)9-5-10(16)7-11(17)6-9/h5-7,12-13H,3-4,8H2,1-2H3/t13-/m0/s1. The molecule has 1 atom stereocenters. The number of halogens is 2. The van der Waals surface area contributed by atoms with Gasteiger partial charge < -0.3 is 9.47 Å². The van der Waals surface area contributed by atoms with Crippen molar-refractivity contribution >= 4 is 11.9 Å². The van der Waals surface area contributed by atoms with Crippen LogP contribution in [0.15, 0.2) is 18.2 Å². The molecule has 1 aromatic rings. The summed E-state index contributed by atoms with van der Waals surface area (Å²) in [7, 11) is 0. The maximum Gasteiger partial charge on any atom is 0.320 e. The third-order valence-electron chi connectivity index (χ3n) is 3.13. The van der Waals surface area contributed by atoms with Crippen LogP contribution in [0.3, 0.4) is 0 Å². The van der Waals surface area contributed by atoms with Crippen LogP contribution in [-0.4, -0.2) is 30.1 Å². The highest BCUT2D eigenvalue weighted by atomic mass is 19.1. The molecule has 7 nitrogen and oxygen atoms in total. The zero-order chi connectivity index (χ0) is 18.3. The monoisotopic (exact) mass is 345 g/mol. The van der Waals surface area contributed by atoms with Crippen LogP contribution in [-0.2, 0) is 19.1 Å². The Morgan fingerprint density at radius 1 is 1.08 bits per heavy atom. The third kappa shape index (κ3) is 5.25. The fraction of sp³-hybridized carbons (Fsp3) is 0.467. The number of hydrogen-bond donors (Lipinski definition) is 0. The van der Waals surface area contributed by atoms with E-state index in [1.807, 2.05) is 0 Å². The predicted octanol–water partition coefficient (Wildman–Crippen LogP) is 2.42. The van der Waals surface area contributed by atoms with Crippen LogP contribution in [0.5, 0.6) is 0 Å². The van der Waals surface area contributed by atoms with Gasteiger partial charge in [0.2, 0.25) is 6.04 Å². The minimum atomic E-state index is -1.67. The van der Waals surface area contributed by atoms with Gasteiger partial charge in [0, 0.05) is 23.0 Å². The van der Waals surface area contributed by atoms with E-state index in [4.69, 9.17) is 9.47 Å². The minimum absolute atomic E-state index is 0.0353. The highest BCUT2D eigenvalue weighted by Gasteiger charge is 2.38. The van der Waals surface area contributed by atoms with Crippen molar-refractivity contribution in [3.05, 3.63) is 45.5 Å². The Labute approximate surface area is 136 Å². The summed E-state index contributed by atoms with van der Waals surface area (Å²) in [6.07, 6.45) is -0.631. The van der Waals surface area contributed by atoms with Crippen LogP contribution >= 0.6 is 0 Å². The highest BCUT2D eigenvalue weighted by molar-refractivity contribution is 5.94. The molecule has 132 valence electrons. The second-order valence-electron chi connectivity index (χ2n) is 4.80. The Kier molecular flexibility index (Phi) is 7.22. The van der Waals surface area contributed by atoms with Crippen molar-refractivity contribution in [3.8, 4) is 0 Å². The van der Waals surface area contributed by atoms with Gasteiger partial charge in [0.25, 0.3) is 0 Å². The predicted molar refractivity (Wildman–Crippen MR) is 77.5 cm³/mol. The van der Waals surface area contributed by atoms with Gasteiger partial charge in [0.05, 0.1) is 13.2 Å². The number of nitro groups is 1. The first-order valence-corrected chi connectivity index (χ1v) is 7.22. The molecule has 0 heterocycles. The van der Waals surface area contributed by atoms with Crippen LogP contribution in [0.1, 0.15) is 31.9 Å². The summed E-state index contributed by atoms with van der Waals surface area (Å²) >= 11 is 0. The van der Waals surface area contributed by atoms with E-state index in [0.717, 1.165) is 12.1 Å². The van der Waals surface area contributed by atoms with Crippen molar-refractivity contribution in [2.75, 3.05) is 13.2 Å². The van der Waals surface area contributed by atoms with Gasteiger partial charge in [-0.1, -0.05) is 0 Å². The number of ether oxygens (including phenoxy) is 2. The number of hydrogen-bond acceptors (Lipinski definition) is 6. The number of benzene rings is 1. The summed E-state index contributed by atoms with van der Waals surface area (Å²) in [5.41, 5.74) is -0.295. The Balaban J connectivity index is 3.15. The van der Waals surface area contributed by atoms with Crippen molar-refractivity contribution in [2.45, 2.75) is 26.3 Å². The molecule has 1 rings (SSSR count). The van der Waals surface area contributed by atoms with E-state index in [1.54, 1.807) is 0 Å². The van der Waals surface area contributed by atoms with Crippen LogP contribution in [0, 0.1) is 27.7 Å². The summed E-state index contributed by atoms with van der Waals surface area (Å²) in [4.78, 5) is 34.2. The lowest BCUT2D eigenvalue weighted by molar-refractivity contribution is -0.530. The van der Waals surface area contributed by atoms with E-state index in [2.05, 4.69) is 0 Å². The van der Waals surface area contributed by atoms with Gasteiger partial charge in [-0.2, -0.15) is 0 Å². The molecule has 0 saturated heterocycles. The number of esters is 2. The summed E-state index contributed by atoms with van der Waals surface area (Å²) < 4.78 is 36.1. The van der Waals surface area contributed by atoms with E-state index >= 15 is 0 Å². The molecule has 0 aliphatic carbocycles. The smallest absolute Gasteiger partial charge is 0.320 e. The van der Waals surface area contributed by atoms with E-state index in [1.165, 1.54) is 13.8 Å². The second-order valence-corrected chi connectivity index (χ2v) is 4.80. The van der Waals surface area contributed by atoms with Crippen molar-refractivity contribution in [2.24, 2.45) is 5.92 Å². The molecule has 0 aliphatic rings. The average Bonchev–Trinajstić information content (AvgIpc) is 2.46. The molecule has 0 radical (unpaired) electrons. The van der Waals surface area contributed by atoms with Crippen molar-refractivity contribution in [1.82, 2.24) is 0 Å². The van der Waals surface area contributed by atoms with Crippen LogP contribution < -0.4 is 0 Å². The molecule has 0 amide bonds. The molecule has 0 N–H and O–H groups in total. The van der Waals surface area contributed by atoms with E-state index in [0.29, 0.717) is 6.07 Å². The molecule has 0 saturated carbocycles. The van der Waals surface area contributed by atoms with Gasteiger partial charge in [-0.25, -0.2) is 8.78 Å². The second kappa shape index (κ2) is 8.90. The first kappa shape index (κ1) is 19.5. The largest absolute Gasteiger partial charge is 0.465 e. The molecular weight excluding hydrogens is 328 g/mol. The first-order valence-electron chi connectivity index (χ1n) is 7.22. The Morgan fingerprint density at radius 2 is 1.54 bits per heavy atom. The zero-order valence-corrected chi connectivity index (χ0v) is 13.2. The number of carbonyl (C=O) groups excluding carboxylic acids is 2. The fourth-order valence-corrected chi connectivity index (χ4v) is 2.11. The summed E-state index contributed by atoms with van der Waals surface area (Å²) in [6.45, 7) is 2.94. The lowest BCUT2D eigenvalue weighted by Crippen LogP contribution is -2.31. The third-order valence-corrected chi connectivity index (χ3v) is 3.13. The lowest BCUT2D eigenvalue weighted by atomic mass is 9.95. The quantitative estimate of drug-likeness (QED) is 0.311. The van der Waals surface area contributed by atoms with Gasteiger partial charge in [0.15, 0.2) is 5.92 Å². The summed E-state index contributed by atoms with van der Waals surface area (Å²) in [6, 6.07) is 0.455. The average molecular weight is 345 g/mol. The number of nitrogens with zero attached hydrogens (tertiary/aromatic N) is 1. The zero-order valence-electron chi connectivity index (χ0n) is 13.2. The van der Waals surface area contributed by atoms with Crippen LogP contribution in [0.2, 0.25) is 0 Å². The normalized spacial score (nSPS) is 11.9. The Morgan fingerprint density at radius 3 is 1.92 bits per heavy atom. The number of carbonyl (C=O) groups is 2. The van der Waals surface area contributed by atoms with Gasteiger partial charge in [0.1, 0.15) is 11.6 Å². The fourth-order valence-electron chi connectivity index (χ4n) is 2.11. The van der Waals surface area contributed by atoms with Gasteiger partial charge >= 0.3 is 11.9 Å². The van der Waals surface area contributed by atoms with E-state index < -0.39 is 46.9 Å². The highest BCUT2D eigenvalue weighted by Crippen LogP contribution is 2.27. The number of rotatable bonds is 8. The lowest BCUT2D eigenvalue weighted by Gasteiger charge is -2.17. The minimum Gasteiger partial charge on any atom is -0.465 e. The van der Waals surface area contributed by atoms with Crippen molar-refractivity contribution < 1.29 is 32.8 Å². The molecule has 0 bridgehead atoms. The summed E-state index contributed by atoms with van der Waals surface area (Å²) in [5.74, 6) is -5.53. The molecule has 1 aromatic carbocycles. The van der Waals surface area contributed by atoms with Crippen LogP contribution in [0.25, 0.3) is 0 Å². The van der Waals surface area contributed by atoms with Crippen molar-refractivity contribution in [1.29, 1.82) is 0 Å². The maximum atomic E-state index is 13.3. The van der Waals surface area contributed by atoms with Gasteiger partial charge in [-0.05, 0) is 26.0 Å². The molecular formula is C15H17F2NO6. The Hall–Kier alpha value is -2.58. The van der Waals surface area contributed by atoms with Crippen molar-refractivity contribution in [3.63, 3.8) is 0 Å². The SMILES string of the molecule is CCOC(=O)C(C[C@@H](c1cc(F)cc(F)c1)[N+](=O)[O-])C(=O)OCC. The van der Waals surface area contributed by atoms with Gasteiger partial charge in [-0.15, -0.1) is 0 Å². The first-order chi connectivity index (χ1) is 11.3. The van der Waals surface area contributed by atoms with Gasteiger partial charge in [-0.3, -0.25) is 19.7 Å². The van der Waals surface area contributed by atoms with Crippen LogP contribution in [0.4, 0.5) is 8.78 Å². The Bertz CT molecular complexity index is 584. The maximum absolute atomic E-state index is 13.3. The van der Waals surface area contributed by atoms with E-state index in [9.17, 15) is 28.5 Å². The molecule has 0 fully saturated rings. The molecule has 24 heavy (non-hydrogen) atoms. The van der Waals surface area contributed by atoms with E-state index in [-0.39, 0.29) is 18.8 Å². The molecule has 0 unspecified atom stereocenters. The molecule has 9 heteroatoms.